The molecule has 0 nitrogen and oxygen atoms in total. The number of rotatable bonds is 0. The second-order valence-electron chi connectivity index (χ2n) is 4.51. The molecule has 0 spiro atoms. The molecule has 0 N–H and O–H groups in total. The van der Waals surface area contributed by atoms with Gasteiger partial charge in [0, 0.05) is 0 Å². The van der Waals surface area contributed by atoms with Crippen LogP contribution in [0.1, 0.15) is 34.6 Å². The van der Waals surface area contributed by atoms with Crippen molar-refractivity contribution in [3.8, 4) is 0 Å². The van der Waals surface area contributed by atoms with E-state index in [1.165, 1.54) is 0 Å². The molecule has 0 radical (unpaired) electrons. The fourth-order valence-electron chi connectivity index (χ4n) is 2.39. The molecule has 0 unspecified atom stereocenters. The first-order valence-corrected chi connectivity index (χ1v) is 14.6. The first-order chi connectivity index (χ1) is 6.29. The molecule has 0 aromatic heterocycles. The van der Waals surface area contributed by atoms with Gasteiger partial charge in [0.05, 0.1) is 0 Å². The molecule has 1 saturated carbocycles. The molecular weight excluding hydrogens is 318 g/mol. The fraction of sp³-hybridized carbons (Fsp3) is 1.00. The zero-order chi connectivity index (χ0) is 11.5. The van der Waals surface area contributed by atoms with Gasteiger partial charge in [0.1, 0.15) is 0 Å². The standard InChI is InChI=1S/C10H20.3ClH.Zr/c1-6-7(2)9(4)10(5)8(6)3;;;;/h6-10H,1-5H3;3*1H;/q;;;;+3/p-3. The molecule has 0 aromatic carbocycles. The Kier molecular flexibility index (Phi) is 8.05. The van der Waals surface area contributed by atoms with E-state index in [0.717, 1.165) is 29.6 Å². The topological polar surface area (TPSA) is 0 Å². The van der Waals surface area contributed by atoms with Crippen molar-refractivity contribution in [1.29, 1.82) is 0 Å². The van der Waals surface area contributed by atoms with E-state index in [9.17, 15) is 0 Å². The van der Waals surface area contributed by atoms with Crippen LogP contribution in [-0.4, -0.2) is 0 Å². The zero-order valence-corrected chi connectivity index (χ0v) is 14.2. The van der Waals surface area contributed by atoms with Crippen LogP contribution in [-0.2, 0) is 18.2 Å². The molecule has 0 saturated heterocycles. The third-order valence-electron chi connectivity index (χ3n) is 4.15. The Morgan fingerprint density at radius 2 is 0.643 bits per heavy atom. The third kappa shape index (κ3) is 4.73. The predicted molar refractivity (Wildman–Crippen MR) is 63.4 cm³/mol. The van der Waals surface area contributed by atoms with Crippen LogP contribution < -0.4 is 0 Å². The van der Waals surface area contributed by atoms with E-state index in [1.54, 1.807) is 0 Å². The van der Waals surface area contributed by atoms with Crippen LogP contribution in [0.2, 0.25) is 0 Å². The Morgan fingerprint density at radius 3 is 0.714 bits per heavy atom. The number of halogens is 3. The maximum absolute atomic E-state index is 5.00. The Bertz CT molecular complexity index is 116. The van der Waals surface area contributed by atoms with Crippen molar-refractivity contribution in [2.24, 2.45) is 29.6 Å². The van der Waals surface area contributed by atoms with Crippen molar-refractivity contribution in [1.82, 2.24) is 0 Å². The molecule has 1 aliphatic rings. The minimum absolute atomic E-state index is 0.935. The number of hydrogen-bond donors (Lipinski definition) is 0. The summed E-state index contributed by atoms with van der Waals surface area (Å²) in [5.74, 6) is 4.68. The zero-order valence-electron chi connectivity index (χ0n) is 9.52. The van der Waals surface area contributed by atoms with Gasteiger partial charge in [-0.05, 0) is 29.6 Å². The Balaban J connectivity index is 0.000000364. The van der Waals surface area contributed by atoms with Crippen molar-refractivity contribution in [3.05, 3.63) is 0 Å². The predicted octanol–water partition coefficient (Wildman–Crippen LogP) is 5.25. The summed E-state index contributed by atoms with van der Waals surface area (Å²) in [7, 11) is 15.0. The summed E-state index contributed by atoms with van der Waals surface area (Å²) >= 11 is -2.13. The van der Waals surface area contributed by atoms with Crippen LogP contribution in [0.15, 0.2) is 0 Å². The second kappa shape index (κ2) is 7.15. The van der Waals surface area contributed by atoms with E-state index < -0.39 is 18.2 Å². The number of hydrogen-bond acceptors (Lipinski definition) is 0. The first-order valence-electron chi connectivity index (χ1n) is 5.12. The van der Waals surface area contributed by atoms with E-state index >= 15 is 0 Å². The Labute approximate surface area is 107 Å². The first kappa shape index (κ1) is 15.8. The summed E-state index contributed by atoms with van der Waals surface area (Å²) in [4.78, 5) is 0. The van der Waals surface area contributed by atoms with Crippen LogP contribution >= 0.6 is 25.5 Å². The molecule has 0 amide bonds. The molecule has 0 atom stereocenters. The third-order valence-corrected chi connectivity index (χ3v) is 4.15. The van der Waals surface area contributed by atoms with E-state index in [2.05, 4.69) is 34.6 Å². The molecule has 0 aromatic rings. The molecule has 1 aliphatic carbocycles. The van der Waals surface area contributed by atoms with Crippen molar-refractivity contribution in [2.45, 2.75) is 34.6 Å². The van der Waals surface area contributed by atoms with Gasteiger partial charge in [-0.25, -0.2) is 0 Å². The molecule has 1 rings (SSSR count). The van der Waals surface area contributed by atoms with Crippen LogP contribution in [0.5, 0.6) is 0 Å². The van der Waals surface area contributed by atoms with E-state index in [-0.39, 0.29) is 0 Å². The quantitative estimate of drug-likeness (QED) is 0.566. The average Bonchev–Trinajstić information content (AvgIpc) is 2.23. The molecule has 85 valence electrons. The van der Waals surface area contributed by atoms with Gasteiger partial charge in [-0.15, -0.1) is 0 Å². The van der Waals surface area contributed by atoms with Gasteiger partial charge in [0.25, 0.3) is 0 Å². The molecule has 0 heterocycles. The maximum atomic E-state index is 5.00. The van der Waals surface area contributed by atoms with Gasteiger partial charge >= 0.3 is 43.7 Å². The van der Waals surface area contributed by atoms with Crippen molar-refractivity contribution in [3.63, 3.8) is 0 Å². The molecule has 4 heteroatoms. The molecular formula is C10H20Cl3Zr. The Morgan fingerprint density at radius 1 is 0.571 bits per heavy atom. The van der Waals surface area contributed by atoms with Gasteiger partial charge in [-0.1, -0.05) is 34.6 Å². The van der Waals surface area contributed by atoms with Crippen LogP contribution in [0.25, 0.3) is 0 Å². The van der Waals surface area contributed by atoms with Crippen LogP contribution in [0, 0.1) is 29.6 Å². The summed E-state index contributed by atoms with van der Waals surface area (Å²) in [6.07, 6.45) is 0. The van der Waals surface area contributed by atoms with Crippen molar-refractivity contribution >= 4 is 25.5 Å². The SMILES string of the molecule is CC1C(C)C(C)C(C)C1C.[Cl][Zr]([Cl])[Cl]. The van der Waals surface area contributed by atoms with E-state index in [4.69, 9.17) is 25.5 Å². The van der Waals surface area contributed by atoms with Crippen LogP contribution in [0.3, 0.4) is 0 Å². The van der Waals surface area contributed by atoms with E-state index in [0.29, 0.717) is 0 Å². The summed E-state index contributed by atoms with van der Waals surface area (Å²) < 4.78 is 0. The van der Waals surface area contributed by atoms with Gasteiger partial charge in [0.2, 0.25) is 0 Å². The second-order valence-corrected chi connectivity index (χ2v) is 15.7. The summed E-state index contributed by atoms with van der Waals surface area (Å²) in [5, 5.41) is 0. The van der Waals surface area contributed by atoms with Crippen molar-refractivity contribution in [2.75, 3.05) is 0 Å². The fourth-order valence-corrected chi connectivity index (χ4v) is 2.39. The minimum atomic E-state index is -2.13. The summed E-state index contributed by atoms with van der Waals surface area (Å²) in [6, 6.07) is 0. The molecule has 14 heavy (non-hydrogen) atoms. The molecule has 1 fully saturated rings. The Hall–Kier alpha value is 1.75. The van der Waals surface area contributed by atoms with Crippen molar-refractivity contribution < 1.29 is 18.2 Å². The normalized spacial score (nSPS) is 41.6. The molecule has 0 aliphatic heterocycles. The summed E-state index contributed by atoms with van der Waals surface area (Å²) in [6.45, 7) is 12.0. The van der Waals surface area contributed by atoms with Crippen LogP contribution in [0.4, 0.5) is 0 Å². The van der Waals surface area contributed by atoms with Gasteiger partial charge in [-0.3, -0.25) is 0 Å². The van der Waals surface area contributed by atoms with Gasteiger partial charge in [-0.2, -0.15) is 0 Å². The average molecular weight is 338 g/mol. The summed E-state index contributed by atoms with van der Waals surface area (Å²) in [5.41, 5.74) is 0. The van der Waals surface area contributed by atoms with Gasteiger partial charge < -0.3 is 0 Å². The monoisotopic (exact) mass is 335 g/mol. The molecule has 0 bridgehead atoms. The van der Waals surface area contributed by atoms with E-state index in [1.807, 2.05) is 0 Å². The van der Waals surface area contributed by atoms with Gasteiger partial charge in [0.15, 0.2) is 0 Å².